The summed E-state index contributed by atoms with van der Waals surface area (Å²) in [7, 11) is -3.68. The van der Waals surface area contributed by atoms with E-state index in [0.717, 1.165) is 5.56 Å². The van der Waals surface area contributed by atoms with Crippen LogP contribution in [0.3, 0.4) is 0 Å². The van der Waals surface area contributed by atoms with E-state index in [1.54, 1.807) is 0 Å². The molecule has 0 spiro atoms. The van der Waals surface area contributed by atoms with Gasteiger partial charge in [-0.1, -0.05) is 30.3 Å². The molecule has 2 rings (SSSR count). The first kappa shape index (κ1) is 11.0. The summed E-state index contributed by atoms with van der Waals surface area (Å²) < 4.78 is 34.0. The van der Waals surface area contributed by atoms with Gasteiger partial charge in [-0.2, -0.15) is 13.1 Å². The Balaban J connectivity index is 1.94. The van der Waals surface area contributed by atoms with Crippen LogP contribution in [0.2, 0.25) is 0 Å². The van der Waals surface area contributed by atoms with Crippen LogP contribution < -0.4 is 4.72 Å². The quantitative estimate of drug-likeness (QED) is 0.854. The van der Waals surface area contributed by atoms with E-state index in [1.165, 1.54) is 6.08 Å². The first-order chi connectivity index (χ1) is 7.66. The van der Waals surface area contributed by atoms with Crippen LogP contribution in [0.25, 0.3) is 0 Å². The molecular weight excluding hydrogens is 230 g/mol. The third-order valence-electron chi connectivity index (χ3n) is 1.94. The van der Waals surface area contributed by atoms with E-state index in [2.05, 4.69) is 8.91 Å². The van der Waals surface area contributed by atoms with Crippen molar-refractivity contribution in [2.45, 2.75) is 6.61 Å². The first-order valence-corrected chi connectivity index (χ1v) is 6.12. The second-order valence-corrected chi connectivity index (χ2v) is 4.55. The maximum atomic E-state index is 11.0. The molecule has 0 saturated carbocycles. The maximum absolute atomic E-state index is 11.0. The summed E-state index contributed by atoms with van der Waals surface area (Å²) in [6.07, 6.45) is 1.53. The highest BCUT2D eigenvalue weighted by atomic mass is 32.2. The van der Waals surface area contributed by atoms with E-state index in [1.807, 2.05) is 30.3 Å². The largest absolute Gasteiger partial charge is 0.460 e. The van der Waals surface area contributed by atoms with Crippen molar-refractivity contribution in [2.24, 2.45) is 0 Å². The van der Waals surface area contributed by atoms with Gasteiger partial charge in [0.05, 0.1) is 0 Å². The Hall–Kier alpha value is -1.53. The molecule has 0 aromatic heterocycles. The molecule has 5 nitrogen and oxygen atoms in total. The van der Waals surface area contributed by atoms with Crippen molar-refractivity contribution < 1.29 is 17.3 Å². The van der Waals surface area contributed by atoms with Gasteiger partial charge in [0.25, 0.3) is 5.95 Å². The van der Waals surface area contributed by atoms with Crippen molar-refractivity contribution >= 4 is 10.3 Å². The van der Waals surface area contributed by atoms with Gasteiger partial charge in [0.2, 0.25) is 0 Å². The van der Waals surface area contributed by atoms with Crippen LogP contribution in [-0.4, -0.2) is 15.0 Å². The van der Waals surface area contributed by atoms with Crippen LogP contribution in [0, 0.1) is 0 Å². The molecule has 0 radical (unpaired) electrons. The Kier molecular flexibility index (Phi) is 3.12. The van der Waals surface area contributed by atoms with Gasteiger partial charge in [-0.25, -0.2) is 0 Å². The number of hydrogen-bond acceptors (Lipinski definition) is 4. The summed E-state index contributed by atoms with van der Waals surface area (Å²) in [4.78, 5) is 0. The fourth-order valence-corrected chi connectivity index (χ4v) is 1.89. The molecule has 0 saturated heterocycles. The molecule has 1 heterocycles. The standard InChI is InChI=1S/C10H11NO4S/c12-16(13)11-7-6-10(15-16)14-8-9-4-2-1-3-5-9/h1-6,11H,7-8H2. The molecule has 0 aliphatic carbocycles. The molecule has 1 N–H and O–H groups in total. The summed E-state index contributed by atoms with van der Waals surface area (Å²) in [5.74, 6) is 0.0163. The zero-order valence-corrected chi connectivity index (χ0v) is 9.24. The number of hydrogen-bond donors (Lipinski definition) is 1. The SMILES string of the molecule is O=S1(=O)NCC=C(OCc2ccccc2)O1. The average molecular weight is 241 g/mol. The lowest BCUT2D eigenvalue weighted by Gasteiger charge is -2.15. The summed E-state index contributed by atoms with van der Waals surface area (Å²) in [6, 6.07) is 9.43. The number of rotatable bonds is 3. The van der Waals surface area contributed by atoms with Crippen LogP contribution in [0.5, 0.6) is 0 Å². The van der Waals surface area contributed by atoms with Crippen LogP contribution in [-0.2, 0) is 25.8 Å². The molecule has 0 fully saturated rings. The molecule has 0 atom stereocenters. The number of nitrogens with one attached hydrogen (secondary N) is 1. The van der Waals surface area contributed by atoms with Crippen LogP contribution in [0.1, 0.15) is 5.56 Å². The van der Waals surface area contributed by atoms with Crippen molar-refractivity contribution in [3.63, 3.8) is 0 Å². The predicted octanol–water partition coefficient (Wildman–Crippen LogP) is 0.909. The monoisotopic (exact) mass is 241 g/mol. The zero-order valence-electron chi connectivity index (χ0n) is 8.42. The van der Waals surface area contributed by atoms with Gasteiger partial charge >= 0.3 is 10.3 Å². The maximum Gasteiger partial charge on any atom is 0.385 e. The Morgan fingerprint density at radius 1 is 1.31 bits per heavy atom. The van der Waals surface area contributed by atoms with Crippen molar-refractivity contribution in [1.29, 1.82) is 0 Å². The van der Waals surface area contributed by atoms with Crippen LogP contribution >= 0.6 is 0 Å². The van der Waals surface area contributed by atoms with E-state index in [4.69, 9.17) is 4.74 Å². The highest BCUT2D eigenvalue weighted by molar-refractivity contribution is 7.84. The summed E-state index contributed by atoms with van der Waals surface area (Å²) in [5.41, 5.74) is 0.947. The molecule has 16 heavy (non-hydrogen) atoms. The molecule has 6 heteroatoms. The van der Waals surface area contributed by atoms with E-state index in [0.29, 0.717) is 0 Å². The number of ether oxygens (including phenoxy) is 1. The highest BCUT2D eigenvalue weighted by Gasteiger charge is 2.18. The topological polar surface area (TPSA) is 64.6 Å². The molecule has 0 unspecified atom stereocenters. The molecule has 1 aromatic carbocycles. The summed E-state index contributed by atoms with van der Waals surface area (Å²) >= 11 is 0. The molecule has 0 bridgehead atoms. The average Bonchev–Trinajstić information content (AvgIpc) is 2.27. The van der Waals surface area contributed by atoms with Crippen molar-refractivity contribution in [2.75, 3.05) is 6.54 Å². The molecule has 0 amide bonds. The second-order valence-electron chi connectivity index (χ2n) is 3.18. The number of benzene rings is 1. The predicted molar refractivity (Wildman–Crippen MR) is 57.3 cm³/mol. The van der Waals surface area contributed by atoms with E-state index in [9.17, 15) is 8.42 Å². The van der Waals surface area contributed by atoms with Gasteiger partial charge in [0, 0.05) is 12.6 Å². The Bertz CT molecular complexity index is 481. The van der Waals surface area contributed by atoms with Crippen LogP contribution in [0.15, 0.2) is 42.4 Å². The van der Waals surface area contributed by atoms with Crippen molar-refractivity contribution in [3.8, 4) is 0 Å². The van der Waals surface area contributed by atoms with Gasteiger partial charge in [-0.15, -0.1) is 0 Å². The van der Waals surface area contributed by atoms with E-state index < -0.39 is 10.3 Å². The third kappa shape index (κ3) is 2.98. The van der Waals surface area contributed by atoms with Crippen molar-refractivity contribution in [1.82, 2.24) is 4.72 Å². The van der Waals surface area contributed by atoms with E-state index >= 15 is 0 Å². The Morgan fingerprint density at radius 3 is 2.75 bits per heavy atom. The molecular formula is C10H11NO4S. The third-order valence-corrected chi connectivity index (χ3v) is 2.85. The van der Waals surface area contributed by atoms with Crippen molar-refractivity contribution in [3.05, 3.63) is 47.9 Å². The molecule has 1 aliphatic heterocycles. The minimum atomic E-state index is -3.68. The smallest absolute Gasteiger partial charge is 0.385 e. The highest BCUT2D eigenvalue weighted by Crippen LogP contribution is 2.11. The summed E-state index contributed by atoms with van der Waals surface area (Å²) in [5, 5.41) is 0. The lowest BCUT2D eigenvalue weighted by atomic mass is 10.2. The lowest BCUT2D eigenvalue weighted by molar-refractivity contribution is 0.0941. The summed E-state index contributed by atoms with van der Waals surface area (Å²) in [6.45, 7) is 0.467. The van der Waals surface area contributed by atoms with Gasteiger partial charge in [-0.3, -0.25) is 0 Å². The molecule has 1 aromatic rings. The van der Waals surface area contributed by atoms with Gasteiger partial charge < -0.3 is 8.92 Å². The Labute approximate surface area is 93.9 Å². The van der Waals surface area contributed by atoms with E-state index in [-0.39, 0.29) is 19.1 Å². The van der Waals surface area contributed by atoms with Gasteiger partial charge in [0.15, 0.2) is 0 Å². The van der Waals surface area contributed by atoms with Gasteiger partial charge in [-0.05, 0) is 5.56 Å². The Morgan fingerprint density at radius 2 is 2.06 bits per heavy atom. The van der Waals surface area contributed by atoms with Crippen LogP contribution in [0.4, 0.5) is 0 Å². The second kappa shape index (κ2) is 4.54. The van der Waals surface area contributed by atoms with Gasteiger partial charge in [0.1, 0.15) is 6.61 Å². The fraction of sp³-hybridized carbons (Fsp3) is 0.200. The lowest BCUT2D eigenvalue weighted by Crippen LogP contribution is -2.30. The zero-order chi connectivity index (χ0) is 11.4. The normalized spacial score (nSPS) is 18.4. The molecule has 86 valence electrons. The molecule has 1 aliphatic rings. The minimum Gasteiger partial charge on any atom is -0.460 e. The fourth-order valence-electron chi connectivity index (χ4n) is 1.21. The first-order valence-electron chi connectivity index (χ1n) is 4.72. The minimum absolute atomic E-state index is 0.0163.